The lowest BCUT2D eigenvalue weighted by Gasteiger charge is -2.63. The first kappa shape index (κ1) is 21.2. The fourth-order valence-electron chi connectivity index (χ4n) is 8.27. The van der Waals surface area contributed by atoms with Gasteiger partial charge in [-0.05, 0) is 106 Å². The van der Waals surface area contributed by atoms with Crippen LogP contribution in [0.1, 0.15) is 87.6 Å². The first-order valence-electron chi connectivity index (χ1n) is 12.4. The summed E-state index contributed by atoms with van der Waals surface area (Å²) in [5.74, 6) is 2.14. The Morgan fingerprint density at radius 2 is 1.87 bits per heavy atom. The predicted molar refractivity (Wildman–Crippen MR) is 120 cm³/mol. The molecule has 0 aromatic heterocycles. The van der Waals surface area contributed by atoms with Crippen molar-refractivity contribution in [3.8, 4) is 0 Å². The Kier molecular flexibility index (Phi) is 5.08. The second-order valence-electron chi connectivity index (χ2n) is 11.4. The summed E-state index contributed by atoms with van der Waals surface area (Å²) in [6.07, 6.45) is 8.63. The molecular formula is C27H37NO3. The van der Waals surface area contributed by atoms with Gasteiger partial charge in [0.2, 0.25) is 5.91 Å². The van der Waals surface area contributed by atoms with Gasteiger partial charge in [0.05, 0.1) is 11.6 Å². The minimum atomic E-state index is -0.380. The Hall–Kier alpha value is -1.68. The Balaban J connectivity index is 1.46. The Morgan fingerprint density at radius 1 is 1.06 bits per heavy atom. The lowest BCUT2D eigenvalue weighted by Crippen LogP contribution is -2.66. The Labute approximate surface area is 186 Å². The van der Waals surface area contributed by atoms with Crippen LogP contribution in [0.4, 0.5) is 0 Å². The van der Waals surface area contributed by atoms with Crippen molar-refractivity contribution in [1.29, 1.82) is 0 Å². The molecule has 4 aliphatic rings. The van der Waals surface area contributed by atoms with Crippen LogP contribution in [0.15, 0.2) is 24.3 Å². The van der Waals surface area contributed by atoms with Crippen LogP contribution in [0, 0.1) is 36.0 Å². The van der Waals surface area contributed by atoms with Gasteiger partial charge in [0.1, 0.15) is 0 Å². The summed E-state index contributed by atoms with van der Waals surface area (Å²) >= 11 is 0. The highest BCUT2D eigenvalue weighted by atomic mass is 16.3. The van der Waals surface area contributed by atoms with E-state index in [1.54, 1.807) is 4.90 Å². The van der Waals surface area contributed by atoms with Crippen LogP contribution in [-0.2, 0) is 4.79 Å². The molecule has 0 spiro atoms. The highest BCUT2D eigenvalue weighted by molar-refractivity contribution is 6.06. The minimum absolute atomic E-state index is 0.00407. The average molecular weight is 424 g/mol. The van der Waals surface area contributed by atoms with Crippen molar-refractivity contribution >= 4 is 11.8 Å². The molecule has 7 atom stereocenters. The monoisotopic (exact) mass is 423 g/mol. The number of aliphatic hydroxyl groups is 1. The number of piperidine rings is 1. The molecule has 4 nitrogen and oxygen atoms in total. The van der Waals surface area contributed by atoms with Crippen molar-refractivity contribution in [3.05, 3.63) is 35.4 Å². The topological polar surface area (TPSA) is 57.6 Å². The molecule has 0 radical (unpaired) electrons. The highest BCUT2D eigenvalue weighted by Crippen LogP contribution is 2.63. The maximum absolute atomic E-state index is 13.6. The van der Waals surface area contributed by atoms with Gasteiger partial charge in [-0.2, -0.15) is 0 Å². The second-order valence-corrected chi connectivity index (χ2v) is 11.4. The summed E-state index contributed by atoms with van der Waals surface area (Å²) in [5, 5.41) is 10.3. The Morgan fingerprint density at radius 3 is 2.65 bits per heavy atom. The number of likely N-dealkylation sites (tertiary alicyclic amines) is 1. The van der Waals surface area contributed by atoms with E-state index in [-0.39, 0.29) is 23.5 Å². The molecule has 4 fully saturated rings. The van der Waals surface area contributed by atoms with Crippen molar-refractivity contribution in [1.82, 2.24) is 4.90 Å². The maximum atomic E-state index is 13.6. The number of benzene rings is 1. The van der Waals surface area contributed by atoms with Gasteiger partial charge in [-0.25, -0.2) is 0 Å². The van der Waals surface area contributed by atoms with E-state index in [1.807, 2.05) is 31.2 Å². The number of aliphatic hydroxyl groups excluding tert-OH is 1. The smallest absolute Gasteiger partial charge is 0.260 e. The number of carbonyl (C=O) groups excluding carboxylic acids is 2. The SMILES string of the molecule is Cc1cccc(C(=O)N2C(=O)CC[C@H]3[C@@H]4CCC5C[C@@H](O)CC[C@]5(C)[C@H]4CC[C@@]32C)c1. The molecule has 3 saturated carbocycles. The van der Waals surface area contributed by atoms with E-state index in [1.165, 1.54) is 12.8 Å². The van der Waals surface area contributed by atoms with Crippen molar-refractivity contribution in [2.75, 3.05) is 0 Å². The number of amides is 2. The van der Waals surface area contributed by atoms with Crippen molar-refractivity contribution in [2.24, 2.45) is 29.1 Å². The largest absolute Gasteiger partial charge is 0.393 e. The van der Waals surface area contributed by atoms with Crippen LogP contribution in [0.2, 0.25) is 0 Å². The lowest BCUT2D eigenvalue weighted by atomic mass is 9.45. The molecule has 1 heterocycles. The van der Waals surface area contributed by atoms with E-state index in [4.69, 9.17) is 0 Å². The van der Waals surface area contributed by atoms with Gasteiger partial charge in [0.15, 0.2) is 0 Å². The molecule has 4 heteroatoms. The van der Waals surface area contributed by atoms with Gasteiger partial charge in [0, 0.05) is 12.0 Å². The average Bonchev–Trinajstić information content (AvgIpc) is 2.73. The fourth-order valence-corrected chi connectivity index (χ4v) is 8.27. The number of aryl methyl sites for hydroxylation is 1. The van der Waals surface area contributed by atoms with Crippen molar-refractivity contribution in [3.63, 3.8) is 0 Å². The van der Waals surface area contributed by atoms with Crippen LogP contribution in [0.25, 0.3) is 0 Å². The number of rotatable bonds is 1. The molecule has 0 bridgehead atoms. The third kappa shape index (κ3) is 3.20. The van der Waals surface area contributed by atoms with E-state index in [0.29, 0.717) is 41.1 Å². The van der Waals surface area contributed by atoms with E-state index in [0.717, 1.165) is 44.1 Å². The summed E-state index contributed by atoms with van der Waals surface area (Å²) < 4.78 is 0. The third-order valence-corrected chi connectivity index (χ3v) is 9.89. The van der Waals surface area contributed by atoms with Gasteiger partial charge in [-0.15, -0.1) is 0 Å². The van der Waals surface area contributed by atoms with E-state index in [2.05, 4.69) is 13.8 Å². The quantitative estimate of drug-likeness (QED) is 0.638. The first-order chi connectivity index (χ1) is 14.7. The zero-order valence-corrected chi connectivity index (χ0v) is 19.3. The predicted octanol–water partition coefficient (Wildman–Crippen LogP) is 5.12. The van der Waals surface area contributed by atoms with Crippen molar-refractivity contribution in [2.45, 2.75) is 90.2 Å². The number of hydrogen-bond acceptors (Lipinski definition) is 3. The number of fused-ring (bicyclic) bond motifs is 5. The van der Waals surface area contributed by atoms with Gasteiger partial charge in [0.25, 0.3) is 5.91 Å². The zero-order valence-electron chi connectivity index (χ0n) is 19.3. The van der Waals surface area contributed by atoms with E-state index < -0.39 is 0 Å². The highest BCUT2D eigenvalue weighted by Gasteiger charge is 2.60. The third-order valence-electron chi connectivity index (χ3n) is 9.89. The minimum Gasteiger partial charge on any atom is -0.393 e. The zero-order chi connectivity index (χ0) is 22.0. The Bertz CT molecular complexity index is 896. The maximum Gasteiger partial charge on any atom is 0.260 e. The van der Waals surface area contributed by atoms with Gasteiger partial charge < -0.3 is 5.11 Å². The van der Waals surface area contributed by atoms with Crippen LogP contribution in [-0.4, -0.2) is 33.5 Å². The van der Waals surface area contributed by atoms with Crippen molar-refractivity contribution < 1.29 is 14.7 Å². The molecule has 1 aromatic carbocycles. The van der Waals surface area contributed by atoms with Crippen LogP contribution in [0.5, 0.6) is 0 Å². The lowest BCUT2D eigenvalue weighted by molar-refractivity contribution is -0.162. The summed E-state index contributed by atoms with van der Waals surface area (Å²) in [5.41, 5.74) is 1.60. The van der Waals surface area contributed by atoms with Crippen LogP contribution >= 0.6 is 0 Å². The molecule has 1 saturated heterocycles. The number of hydrogen-bond donors (Lipinski definition) is 1. The standard InChI is InChI=1S/C27H37NO3/c1-17-5-4-6-18(15-17)25(31)28-24(30)10-9-23-21-8-7-19-16-20(29)11-13-26(19,2)22(21)12-14-27(23,28)3/h4-6,15,19-23,29H,7-14,16H2,1-3H3/t19?,20-,21+,22-,23-,26-,27-/m0/s1. The molecule has 1 aliphatic heterocycles. The molecule has 168 valence electrons. The fraction of sp³-hybridized carbons (Fsp3) is 0.704. The van der Waals surface area contributed by atoms with Gasteiger partial charge in [-0.3, -0.25) is 14.5 Å². The molecule has 31 heavy (non-hydrogen) atoms. The van der Waals surface area contributed by atoms with Crippen LogP contribution < -0.4 is 0 Å². The molecule has 3 aliphatic carbocycles. The molecule has 2 amide bonds. The van der Waals surface area contributed by atoms with E-state index >= 15 is 0 Å². The summed E-state index contributed by atoms with van der Waals surface area (Å²) in [4.78, 5) is 28.4. The van der Waals surface area contributed by atoms with Gasteiger partial charge in [-0.1, -0.05) is 24.6 Å². The van der Waals surface area contributed by atoms with Gasteiger partial charge >= 0.3 is 0 Å². The molecule has 5 rings (SSSR count). The summed E-state index contributed by atoms with van der Waals surface area (Å²) in [7, 11) is 0. The number of imide groups is 1. The second kappa shape index (κ2) is 7.43. The molecular weight excluding hydrogens is 386 g/mol. The van der Waals surface area contributed by atoms with Crippen LogP contribution in [0.3, 0.4) is 0 Å². The number of carbonyl (C=O) groups is 2. The summed E-state index contributed by atoms with van der Waals surface area (Å²) in [6.45, 7) is 6.66. The summed E-state index contributed by atoms with van der Waals surface area (Å²) in [6, 6.07) is 7.66. The number of nitrogens with zero attached hydrogens (tertiary/aromatic N) is 1. The normalized spacial score (nSPS) is 42.4. The first-order valence-corrected chi connectivity index (χ1v) is 12.4. The molecule has 1 unspecified atom stereocenters. The van der Waals surface area contributed by atoms with E-state index in [9.17, 15) is 14.7 Å². The molecule has 1 N–H and O–H groups in total. The molecule has 1 aromatic rings.